The molecule has 2 heterocycles. The Bertz CT molecular complexity index is 432. The van der Waals surface area contributed by atoms with Crippen molar-refractivity contribution < 1.29 is 8.42 Å². The summed E-state index contributed by atoms with van der Waals surface area (Å²) in [6, 6.07) is 0.500. The highest BCUT2D eigenvalue weighted by Crippen LogP contribution is 2.26. The Balaban J connectivity index is 2.15. The van der Waals surface area contributed by atoms with Crippen molar-refractivity contribution in [2.24, 2.45) is 0 Å². The van der Waals surface area contributed by atoms with Gasteiger partial charge in [-0.05, 0) is 19.8 Å². The van der Waals surface area contributed by atoms with E-state index in [1.54, 1.807) is 0 Å². The predicted molar refractivity (Wildman–Crippen MR) is 74.2 cm³/mol. The molecule has 0 bridgehead atoms. The lowest BCUT2D eigenvalue weighted by Crippen LogP contribution is -2.64. The lowest BCUT2D eigenvalue weighted by Gasteiger charge is -2.48. The fourth-order valence-electron chi connectivity index (χ4n) is 2.84. The quantitative estimate of drug-likeness (QED) is 0.837. The minimum Gasteiger partial charge on any atom is -0.309 e. The average molecular weight is 272 g/mol. The van der Waals surface area contributed by atoms with Crippen molar-refractivity contribution in [3.8, 4) is 0 Å². The summed E-state index contributed by atoms with van der Waals surface area (Å²) in [5.41, 5.74) is 0.103. The SMILES string of the molecule is CCC1CNC(C)(CC)CN1C1C=CS(=O)(=O)C1. The molecule has 2 rings (SSSR count). The van der Waals surface area contributed by atoms with E-state index in [4.69, 9.17) is 0 Å². The minimum atomic E-state index is -2.96. The van der Waals surface area contributed by atoms with E-state index >= 15 is 0 Å². The Labute approximate surface area is 110 Å². The van der Waals surface area contributed by atoms with E-state index < -0.39 is 9.84 Å². The summed E-state index contributed by atoms with van der Waals surface area (Å²) >= 11 is 0. The molecule has 0 saturated carbocycles. The van der Waals surface area contributed by atoms with Crippen LogP contribution in [0.2, 0.25) is 0 Å². The molecule has 2 aliphatic heterocycles. The minimum absolute atomic E-state index is 0.0629. The number of hydrogen-bond donors (Lipinski definition) is 1. The van der Waals surface area contributed by atoms with Gasteiger partial charge in [-0.15, -0.1) is 0 Å². The van der Waals surface area contributed by atoms with Gasteiger partial charge in [0, 0.05) is 36.1 Å². The van der Waals surface area contributed by atoms with Crippen molar-refractivity contribution in [2.45, 2.75) is 51.2 Å². The van der Waals surface area contributed by atoms with Crippen molar-refractivity contribution in [3.05, 3.63) is 11.5 Å². The summed E-state index contributed by atoms with van der Waals surface area (Å²) in [5.74, 6) is 0.253. The lowest BCUT2D eigenvalue weighted by atomic mass is 9.91. The first-order chi connectivity index (χ1) is 8.39. The third-order valence-electron chi connectivity index (χ3n) is 4.35. The average Bonchev–Trinajstić information content (AvgIpc) is 2.70. The standard InChI is InChI=1S/C13H24N2O2S/c1-4-11-8-14-13(3,5-2)10-15(11)12-6-7-18(16,17)9-12/h6-7,11-12,14H,4-5,8-10H2,1-3H3. The summed E-state index contributed by atoms with van der Waals surface area (Å²) in [6.07, 6.45) is 3.97. The largest absolute Gasteiger partial charge is 0.309 e. The van der Waals surface area contributed by atoms with Crippen LogP contribution in [0, 0.1) is 0 Å². The van der Waals surface area contributed by atoms with Crippen LogP contribution in [0.15, 0.2) is 11.5 Å². The van der Waals surface area contributed by atoms with E-state index in [0.717, 1.165) is 25.9 Å². The molecular formula is C13H24N2O2S. The molecule has 0 radical (unpaired) electrons. The van der Waals surface area contributed by atoms with Gasteiger partial charge in [-0.3, -0.25) is 4.90 Å². The van der Waals surface area contributed by atoms with Gasteiger partial charge in [0.15, 0.2) is 9.84 Å². The normalized spacial score (nSPS) is 40.2. The van der Waals surface area contributed by atoms with Crippen LogP contribution < -0.4 is 5.32 Å². The Morgan fingerprint density at radius 3 is 2.67 bits per heavy atom. The Hall–Kier alpha value is -0.390. The molecule has 3 unspecified atom stereocenters. The Kier molecular flexibility index (Phi) is 3.85. The topological polar surface area (TPSA) is 49.4 Å². The second-order valence-electron chi connectivity index (χ2n) is 5.75. The third kappa shape index (κ3) is 2.78. The van der Waals surface area contributed by atoms with Gasteiger partial charge in [-0.1, -0.05) is 19.9 Å². The van der Waals surface area contributed by atoms with Gasteiger partial charge in [0.1, 0.15) is 0 Å². The molecule has 0 amide bonds. The molecule has 104 valence electrons. The van der Waals surface area contributed by atoms with Crippen LogP contribution in [0.5, 0.6) is 0 Å². The maximum atomic E-state index is 11.6. The number of rotatable bonds is 3. The summed E-state index contributed by atoms with van der Waals surface area (Å²) in [4.78, 5) is 2.38. The first kappa shape index (κ1) is 14.0. The van der Waals surface area contributed by atoms with Crippen molar-refractivity contribution in [1.82, 2.24) is 10.2 Å². The van der Waals surface area contributed by atoms with Crippen LogP contribution in [-0.2, 0) is 9.84 Å². The second-order valence-corrected chi connectivity index (χ2v) is 7.69. The number of sulfone groups is 1. The van der Waals surface area contributed by atoms with E-state index in [1.807, 2.05) is 6.08 Å². The number of nitrogens with one attached hydrogen (secondary N) is 1. The highest BCUT2D eigenvalue weighted by Gasteiger charge is 2.39. The fourth-order valence-corrected chi connectivity index (χ4v) is 4.15. The molecule has 0 aromatic carbocycles. The molecule has 1 N–H and O–H groups in total. The lowest BCUT2D eigenvalue weighted by molar-refractivity contribution is 0.0667. The molecule has 0 aliphatic carbocycles. The maximum Gasteiger partial charge on any atom is 0.173 e. The first-order valence-electron chi connectivity index (χ1n) is 6.81. The monoisotopic (exact) mass is 272 g/mol. The van der Waals surface area contributed by atoms with E-state index in [-0.39, 0.29) is 17.3 Å². The molecule has 4 nitrogen and oxygen atoms in total. The smallest absolute Gasteiger partial charge is 0.173 e. The van der Waals surface area contributed by atoms with Crippen LogP contribution in [0.1, 0.15) is 33.6 Å². The third-order valence-corrected chi connectivity index (χ3v) is 5.73. The molecule has 2 aliphatic rings. The van der Waals surface area contributed by atoms with Crippen LogP contribution in [-0.4, -0.2) is 49.8 Å². The first-order valence-corrected chi connectivity index (χ1v) is 8.52. The fraction of sp³-hybridized carbons (Fsp3) is 0.846. The van der Waals surface area contributed by atoms with E-state index in [9.17, 15) is 8.42 Å². The van der Waals surface area contributed by atoms with Crippen molar-refractivity contribution in [1.29, 1.82) is 0 Å². The number of piperazine rings is 1. The Morgan fingerprint density at radius 1 is 1.44 bits per heavy atom. The molecular weight excluding hydrogens is 248 g/mol. The zero-order valence-corrected chi connectivity index (χ0v) is 12.3. The van der Waals surface area contributed by atoms with E-state index in [2.05, 4.69) is 31.0 Å². The highest BCUT2D eigenvalue weighted by atomic mass is 32.2. The van der Waals surface area contributed by atoms with Crippen LogP contribution in [0.4, 0.5) is 0 Å². The van der Waals surface area contributed by atoms with Crippen molar-refractivity contribution >= 4 is 9.84 Å². The zero-order valence-electron chi connectivity index (χ0n) is 11.5. The molecule has 0 aromatic heterocycles. The van der Waals surface area contributed by atoms with Gasteiger partial charge in [-0.25, -0.2) is 8.42 Å². The van der Waals surface area contributed by atoms with Gasteiger partial charge in [0.25, 0.3) is 0 Å². The molecule has 18 heavy (non-hydrogen) atoms. The van der Waals surface area contributed by atoms with Crippen molar-refractivity contribution in [3.63, 3.8) is 0 Å². The van der Waals surface area contributed by atoms with Gasteiger partial charge in [-0.2, -0.15) is 0 Å². The maximum absolute atomic E-state index is 11.6. The Morgan fingerprint density at radius 2 is 2.17 bits per heavy atom. The highest BCUT2D eigenvalue weighted by molar-refractivity contribution is 7.94. The van der Waals surface area contributed by atoms with E-state index in [0.29, 0.717) is 6.04 Å². The molecule has 0 spiro atoms. The van der Waals surface area contributed by atoms with Gasteiger partial charge in [0.2, 0.25) is 0 Å². The molecule has 1 fully saturated rings. The summed E-state index contributed by atoms with van der Waals surface area (Å²) < 4.78 is 23.2. The van der Waals surface area contributed by atoms with E-state index in [1.165, 1.54) is 5.41 Å². The van der Waals surface area contributed by atoms with Crippen LogP contribution >= 0.6 is 0 Å². The predicted octanol–water partition coefficient (Wildman–Crippen LogP) is 1.15. The van der Waals surface area contributed by atoms with Gasteiger partial charge >= 0.3 is 0 Å². The summed E-state index contributed by atoms with van der Waals surface area (Å²) in [6.45, 7) is 8.44. The number of nitrogens with zero attached hydrogens (tertiary/aromatic N) is 1. The molecule has 0 aromatic rings. The van der Waals surface area contributed by atoms with Gasteiger partial charge in [0.05, 0.1) is 5.75 Å². The number of hydrogen-bond acceptors (Lipinski definition) is 4. The molecule has 5 heteroatoms. The summed E-state index contributed by atoms with van der Waals surface area (Å²) in [7, 11) is -2.96. The van der Waals surface area contributed by atoms with Gasteiger partial charge < -0.3 is 5.32 Å². The van der Waals surface area contributed by atoms with Crippen molar-refractivity contribution in [2.75, 3.05) is 18.8 Å². The molecule has 1 saturated heterocycles. The zero-order chi connectivity index (χ0) is 13.4. The van der Waals surface area contributed by atoms with Crippen LogP contribution in [0.3, 0.4) is 0 Å². The molecule has 3 atom stereocenters. The second kappa shape index (κ2) is 4.94. The summed E-state index contributed by atoms with van der Waals surface area (Å²) in [5, 5.41) is 4.99. The van der Waals surface area contributed by atoms with Crippen LogP contribution in [0.25, 0.3) is 0 Å².